The van der Waals surface area contributed by atoms with Crippen molar-refractivity contribution >= 4 is 21.6 Å². The summed E-state index contributed by atoms with van der Waals surface area (Å²) in [5.74, 6) is 0. The Morgan fingerprint density at radius 1 is 1.14 bits per heavy atom. The number of imidazole rings is 1. The van der Waals surface area contributed by atoms with Crippen LogP contribution in [-0.4, -0.2) is 9.55 Å². The van der Waals surface area contributed by atoms with Gasteiger partial charge in [0.05, 0.1) is 5.69 Å². The van der Waals surface area contributed by atoms with Gasteiger partial charge >= 0.3 is 5.69 Å². The van der Waals surface area contributed by atoms with Crippen LogP contribution in [0.2, 0.25) is 0 Å². The van der Waals surface area contributed by atoms with Gasteiger partial charge in [0.2, 0.25) is 0 Å². The van der Waals surface area contributed by atoms with Gasteiger partial charge in [-0.1, -0.05) is 28.1 Å². The lowest BCUT2D eigenvalue weighted by Crippen LogP contribution is -2.13. The van der Waals surface area contributed by atoms with Crippen LogP contribution in [0.3, 0.4) is 0 Å². The zero-order valence-electron chi connectivity index (χ0n) is 11.2. The minimum atomic E-state index is -0.134. The summed E-state index contributed by atoms with van der Waals surface area (Å²) in [4.78, 5) is 14.2. The Hall–Kier alpha value is -2.27. The average molecular weight is 344 g/mol. The third kappa shape index (κ3) is 3.25. The van der Waals surface area contributed by atoms with Crippen LogP contribution in [-0.2, 0) is 6.54 Å². The molecule has 0 aliphatic rings. The van der Waals surface area contributed by atoms with Gasteiger partial charge in [-0.25, -0.2) is 4.79 Å². The molecule has 4 nitrogen and oxygen atoms in total. The molecule has 0 spiro atoms. The standard InChI is InChI=1S/C16H14BrN3O/c17-13-3-1-2-12(10-13)11-19-14-4-6-15(7-5-14)20-9-8-18-16(20)21/h1-10,19H,11H2,(H,18,21). The molecule has 3 aromatic rings. The molecule has 106 valence electrons. The number of halogens is 1. The molecule has 0 fully saturated rings. The molecule has 1 aromatic heterocycles. The second kappa shape index (κ2) is 6.01. The summed E-state index contributed by atoms with van der Waals surface area (Å²) in [5, 5.41) is 3.36. The van der Waals surface area contributed by atoms with Crippen molar-refractivity contribution in [2.45, 2.75) is 6.54 Å². The minimum absolute atomic E-state index is 0.134. The maximum absolute atomic E-state index is 11.5. The summed E-state index contributed by atoms with van der Waals surface area (Å²) in [7, 11) is 0. The Kier molecular flexibility index (Phi) is 3.92. The van der Waals surface area contributed by atoms with Crippen LogP contribution in [0.15, 0.2) is 70.2 Å². The number of hydrogen-bond donors (Lipinski definition) is 2. The Bertz CT molecular complexity index is 790. The summed E-state index contributed by atoms with van der Waals surface area (Å²) in [6, 6.07) is 15.9. The summed E-state index contributed by atoms with van der Waals surface area (Å²) in [5.41, 5.74) is 2.93. The monoisotopic (exact) mass is 343 g/mol. The van der Waals surface area contributed by atoms with Gasteiger partial charge in [-0.05, 0) is 42.0 Å². The van der Waals surface area contributed by atoms with Gasteiger partial charge in [-0.2, -0.15) is 0 Å². The molecule has 0 unspecified atom stereocenters. The van der Waals surface area contributed by atoms with E-state index in [2.05, 4.69) is 38.4 Å². The third-order valence-electron chi connectivity index (χ3n) is 3.18. The molecule has 0 aliphatic carbocycles. The van der Waals surface area contributed by atoms with Crippen LogP contribution < -0.4 is 11.0 Å². The Balaban J connectivity index is 1.70. The number of aromatic amines is 1. The smallest absolute Gasteiger partial charge is 0.330 e. The molecule has 2 aromatic carbocycles. The van der Waals surface area contributed by atoms with Crippen LogP contribution in [0.1, 0.15) is 5.56 Å². The first-order valence-corrected chi connectivity index (χ1v) is 7.36. The van der Waals surface area contributed by atoms with E-state index < -0.39 is 0 Å². The maximum atomic E-state index is 11.5. The van der Waals surface area contributed by atoms with Crippen molar-refractivity contribution in [3.63, 3.8) is 0 Å². The molecular weight excluding hydrogens is 330 g/mol. The topological polar surface area (TPSA) is 49.8 Å². The summed E-state index contributed by atoms with van der Waals surface area (Å²) in [6.45, 7) is 0.753. The maximum Gasteiger partial charge on any atom is 0.330 e. The summed E-state index contributed by atoms with van der Waals surface area (Å²) < 4.78 is 2.64. The number of benzene rings is 2. The Morgan fingerprint density at radius 3 is 2.62 bits per heavy atom. The highest BCUT2D eigenvalue weighted by Gasteiger charge is 2.00. The Morgan fingerprint density at radius 2 is 1.95 bits per heavy atom. The van der Waals surface area contributed by atoms with Gasteiger partial charge in [0, 0.05) is 29.1 Å². The van der Waals surface area contributed by atoms with Crippen LogP contribution >= 0.6 is 15.9 Å². The van der Waals surface area contributed by atoms with Crippen molar-refractivity contribution in [1.29, 1.82) is 0 Å². The van der Waals surface area contributed by atoms with Crippen LogP contribution in [0.25, 0.3) is 5.69 Å². The molecule has 1 heterocycles. The van der Waals surface area contributed by atoms with Gasteiger partial charge < -0.3 is 10.3 Å². The van der Waals surface area contributed by atoms with Crippen LogP contribution in [0, 0.1) is 0 Å². The molecule has 21 heavy (non-hydrogen) atoms. The number of H-pyrrole nitrogens is 1. The van der Waals surface area contributed by atoms with Gasteiger partial charge in [-0.3, -0.25) is 4.57 Å². The first-order chi connectivity index (χ1) is 10.2. The molecule has 0 aliphatic heterocycles. The molecule has 0 saturated carbocycles. The van der Waals surface area contributed by atoms with E-state index in [9.17, 15) is 4.79 Å². The summed E-state index contributed by atoms with van der Waals surface area (Å²) >= 11 is 3.46. The first-order valence-electron chi connectivity index (χ1n) is 6.57. The zero-order chi connectivity index (χ0) is 14.7. The quantitative estimate of drug-likeness (QED) is 0.761. The number of nitrogens with zero attached hydrogens (tertiary/aromatic N) is 1. The molecule has 0 atom stereocenters. The fourth-order valence-corrected chi connectivity index (χ4v) is 2.56. The number of rotatable bonds is 4. The van der Waals surface area contributed by atoms with E-state index >= 15 is 0 Å². The summed E-state index contributed by atoms with van der Waals surface area (Å²) in [6.07, 6.45) is 3.34. The van der Waals surface area contributed by atoms with Gasteiger partial charge in [-0.15, -0.1) is 0 Å². The lowest BCUT2D eigenvalue weighted by atomic mass is 10.2. The fraction of sp³-hybridized carbons (Fsp3) is 0.0625. The van der Waals surface area contributed by atoms with E-state index in [1.54, 1.807) is 17.0 Å². The highest BCUT2D eigenvalue weighted by atomic mass is 79.9. The van der Waals surface area contributed by atoms with Crippen molar-refractivity contribution in [3.8, 4) is 5.69 Å². The third-order valence-corrected chi connectivity index (χ3v) is 3.67. The van der Waals surface area contributed by atoms with Crippen molar-refractivity contribution in [1.82, 2.24) is 9.55 Å². The van der Waals surface area contributed by atoms with E-state index in [4.69, 9.17) is 0 Å². The molecule has 0 radical (unpaired) electrons. The van der Waals surface area contributed by atoms with Crippen LogP contribution in [0.4, 0.5) is 5.69 Å². The normalized spacial score (nSPS) is 10.5. The van der Waals surface area contributed by atoms with Crippen molar-refractivity contribution in [2.75, 3.05) is 5.32 Å². The zero-order valence-corrected chi connectivity index (χ0v) is 12.8. The minimum Gasteiger partial charge on any atom is -0.381 e. The largest absolute Gasteiger partial charge is 0.381 e. The predicted molar refractivity (Wildman–Crippen MR) is 87.9 cm³/mol. The fourth-order valence-electron chi connectivity index (χ4n) is 2.11. The van der Waals surface area contributed by atoms with Crippen molar-refractivity contribution in [3.05, 3.63) is 81.4 Å². The predicted octanol–water partition coefficient (Wildman–Crippen LogP) is 3.54. The van der Waals surface area contributed by atoms with Crippen LogP contribution in [0.5, 0.6) is 0 Å². The number of aromatic nitrogens is 2. The molecule has 5 heteroatoms. The van der Waals surface area contributed by atoms with Crippen molar-refractivity contribution in [2.24, 2.45) is 0 Å². The number of anilines is 1. The lowest BCUT2D eigenvalue weighted by molar-refractivity contribution is 0.987. The molecule has 2 N–H and O–H groups in total. The van der Waals surface area contributed by atoms with Crippen molar-refractivity contribution < 1.29 is 0 Å². The molecule has 0 saturated heterocycles. The lowest BCUT2D eigenvalue weighted by Gasteiger charge is -2.08. The number of nitrogens with one attached hydrogen (secondary N) is 2. The second-order valence-electron chi connectivity index (χ2n) is 4.67. The number of hydrogen-bond acceptors (Lipinski definition) is 2. The van der Waals surface area contributed by atoms with Gasteiger partial charge in [0.15, 0.2) is 0 Å². The molecular formula is C16H14BrN3O. The Labute approximate surface area is 130 Å². The van der Waals surface area contributed by atoms with E-state index in [1.165, 1.54) is 5.56 Å². The van der Waals surface area contributed by atoms with Gasteiger partial charge in [0.1, 0.15) is 0 Å². The van der Waals surface area contributed by atoms with E-state index in [0.717, 1.165) is 22.4 Å². The van der Waals surface area contributed by atoms with Gasteiger partial charge in [0.25, 0.3) is 0 Å². The highest BCUT2D eigenvalue weighted by molar-refractivity contribution is 9.10. The second-order valence-corrected chi connectivity index (χ2v) is 5.58. The molecule has 0 amide bonds. The highest BCUT2D eigenvalue weighted by Crippen LogP contribution is 2.15. The SMILES string of the molecule is O=c1[nH]ccn1-c1ccc(NCc2cccc(Br)c2)cc1. The first kappa shape index (κ1) is 13.7. The molecule has 0 bridgehead atoms. The average Bonchev–Trinajstić information content (AvgIpc) is 2.92. The van der Waals surface area contributed by atoms with E-state index in [-0.39, 0.29) is 5.69 Å². The molecule has 3 rings (SSSR count). The van der Waals surface area contributed by atoms with E-state index in [1.807, 2.05) is 36.4 Å². The van der Waals surface area contributed by atoms with E-state index in [0.29, 0.717) is 0 Å².